The summed E-state index contributed by atoms with van der Waals surface area (Å²) in [6.07, 6.45) is 1.25. The van der Waals surface area contributed by atoms with E-state index in [9.17, 15) is 4.79 Å². The summed E-state index contributed by atoms with van der Waals surface area (Å²) in [4.78, 5) is 11.6. The number of amides is 1. The third-order valence-corrected chi connectivity index (χ3v) is 3.63. The van der Waals surface area contributed by atoms with Crippen LogP contribution in [0.15, 0.2) is 18.2 Å². The van der Waals surface area contributed by atoms with Crippen LogP contribution in [0.4, 0.5) is 10.5 Å². The average molecular weight is 322 g/mol. The zero-order valence-corrected chi connectivity index (χ0v) is 13.7. The number of anilines is 1. The summed E-state index contributed by atoms with van der Waals surface area (Å²) in [7, 11) is 0. The van der Waals surface area contributed by atoms with Gasteiger partial charge in [0.25, 0.3) is 0 Å². The van der Waals surface area contributed by atoms with E-state index in [1.165, 1.54) is 0 Å². The normalized spacial score (nSPS) is 20.5. The fourth-order valence-electron chi connectivity index (χ4n) is 2.25. The van der Waals surface area contributed by atoms with Gasteiger partial charge in [0.05, 0.1) is 22.3 Å². The standard InChI is InChI=1S/C16H20ClN3O2/c1-16(2,3)22-15(21)20-12-7-11(8-12)19-14-5-4-10(9-18)6-13(14)17/h4-6,11-12,19H,7-8H2,1-3H3,(H,20,21). The molecule has 2 N–H and O–H groups in total. The third kappa shape index (κ3) is 4.54. The van der Waals surface area contributed by atoms with Crippen molar-refractivity contribution in [1.29, 1.82) is 5.26 Å². The Balaban J connectivity index is 1.78. The van der Waals surface area contributed by atoms with Crippen LogP contribution >= 0.6 is 11.6 Å². The maximum absolute atomic E-state index is 11.6. The zero-order chi connectivity index (χ0) is 16.3. The van der Waals surface area contributed by atoms with E-state index in [1.807, 2.05) is 26.8 Å². The number of nitrogens with one attached hydrogen (secondary N) is 2. The van der Waals surface area contributed by atoms with Crippen molar-refractivity contribution in [3.05, 3.63) is 28.8 Å². The Bertz CT molecular complexity index is 598. The summed E-state index contributed by atoms with van der Waals surface area (Å²) in [6.45, 7) is 5.51. The molecule has 0 spiro atoms. The van der Waals surface area contributed by atoms with Gasteiger partial charge >= 0.3 is 6.09 Å². The summed E-state index contributed by atoms with van der Waals surface area (Å²) in [5.74, 6) is 0. The van der Waals surface area contributed by atoms with E-state index < -0.39 is 5.60 Å². The van der Waals surface area contributed by atoms with Crippen molar-refractivity contribution in [1.82, 2.24) is 5.32 Å². The monoisotopic (exact) mass is 321 g/mol. The molecule has 0 aromatic heterocycles. The van der Waals surface area contributed by atoms with Crippen molar-refractivity contribution in [3.8, 4) is 6.07 Å². The number of carbonyl (C=O) groups excluding carboxylic acids is 1. The Kier molecular flexibility index (Phi) is 4.82. The van der Waals surface area contributed by atoms with E-state index >= 15 is 0 Å². The molecule has 0 atom stereocenters. The number of carbonyl (C=O) groups is 1. The predicted octanol–water partition coefficient (Wildman–Crippen LogP) is 3.68. The molecule has 0 saturated heterocycles. The first-order valence-electron chi connectivity index (χ1n) is 7.22. The lowest BCUT2D eigenvalue weighted by Crippen LogP contribution is -2.50. The van der Waals surface area contributed by atoms with Crippen LogP contribution in [0.2, 0.25) is 5.02 Å². The SMILES string of the molecule is CC(C)(C)OC(=O)NC1CC(Nc2ccc(C#N)cc2Cl)C1. The maximum atomic E-state index is 11.6. The van der Waals surface area contributed by atoms with Crippen LogP contribution in [0, 0.1) is 11.3 Å². The van der Waals surface area contributed by atoms with Gasteiger partial charge in [-0.1, -0.05) is 11.6 Å². The number of hydrogen-bond acceptors (Lipinski definition) is 4. The van der Waals surface area contributed by atoms with E-state index in [0.29, 0.717) is 10.6 Å². The highest BCUT2D eigenvalue weighted by Gasteiger charge is 2.31. The van der Waals surface area contributed by atoms with Crippen LogP contribution < -0.4 is 10.6 Å². The first-order valence-corrected chi connectivity index (χ1v) is 7.60. The van der Waals surface area contributed by atoms with Crippen LogP contribution in [0.5, 0.6) is 0 Å². The van der Waals surface area contributed by atoms with Crippen molar-refractivity contribution in [2.24, 2.45) is 0 Å². The molecular weight excluding hydrogens is 302 g/mol. The second-order valence-electron chi connectivity index (χ2n) is 6.46. The highest BCUT2D eigenvalue weighted by molar-refractivity contribution is 6.33. The number of hydrogen-bond donors (Lipinski definition) is 2. The number of halogens is 1. The van der Waals surface area contributed by atoms with Gasteiger partial charge in [0.15, 0.2) is 0 Å². The number of nitriles is 1. The van der Waals surface area contributed by atoms with Crippen LogP contribution in [0.25, 0.3) is 0 Å². The molecule has 0 radical (unpaired) electrons. The Hall–Kier alpha value is -1.93. The van der Waals surface area contributed by atoms with E-state index in [-0.39, 0.29) is 18.2 Å². The molecule has 0 heterocycles. The highest BCUT2D eigenvalue weighted by Crippen LogP contribution is 2.29. The molecule has 5 nitrogen and oxygen atoms in total. The quantitative estimate of drug-likeness (QED) is 0.890. The summed E-state index contributed by atoms with van der Waals surface area (Å²) in [5.41, 5.74) is 0.858. The second kappa shape index (κ2) is 6.45. The van der Waals surface area contributed by atoms with Gasteiger partial charge in [-0.2, -0.15) is 5.26 Å². The lowest BCUT2D eigenvalue weighted by Gasteiger charge is -2.37. The van der Waals surface area contributed by atoms with Crippen molar-refractivity contribution >= 4 is 23.4 Å². The minimum atomic E-state index is -0.485. The Morgan fingerprint density at radius 2 is 2.05 bits per heavy atom. The Labute approximate surface area is 135 Å². The summed E-state index contributed by atoms with van der Waals surface area (Å²) < 4.78 is 5.22. The first kappa shape index (κ1) is 16.4. The smallest absolute Gasteiger partial charge is 0.407 e. The van der Waals surface area contributed by atoms with Gasteiger partial charge in [-0.3, -0.25) is 0 Å². The van der Waals surface area contributed by atoms with Gasteiger partial charge in [0.1, 0.15) is 5.60 Å². The van der Waals surface area contributed by atoms with Gasteiger partial charge < -0.3 is 15.4 Å². The van der Waals surface area contributed by atoms with E-state index in [2.05, 4.69) is 10.6 Å². The van der Waals surface area contributed by atoms with Crippen LogP contribution in [-0.2, 0) is 4.74 Å². The van der Waals surface area contributed by atoms with Gasteiger partial charge in [-0.15, -0.1) is 0 Å². The molecule has 1 aliphatic rings. The number of benzene rings is 1. The number of ether oxygens (including phenoxy) is 1. The lowest BCUT2D eigenvalue weighted by atomic mass is 9.86. The molecule has 0 bridgehead atoms. The molecule has 1 aromatic rings. The first-order chi connectivity index (χ1) is 10.3. The molecule has 1 saturated carbocycles. The molecule has 0 aliphatic heterocycles. The molecule has 2 rings (SSSR count). The molecular formula is C16H20ClN3O2. The summed E-state index contributed by atoms with van der Waals surface area (Å²) >= 11 is 6.12. The number of nitrogens with zero attached hydrogens (tertiary/aromatic N) is 1. The maximum Gasteiger partial charge on any atom is 0.407 e. The Morgan fingerprint density at radius 1 is 1.36 bits per heavy atom. The van der Waals surface area contributed by atoms with Gasteiger partial charge in [0.2, 0.25) is 0 Å². The summed E-state index contributed by atoms with van der Waals surface area (Å²) in [5, 5.41) is 15.5. The fraction of sp³-hybridized carbons (Fsp3) is 0.500. The molecule has 1 aromatic carbocycles. The lowest BCUT2D eigenvalue weighted by molar-refractivity contribution is 0.0475. The van der Waals surface area contributed by atoms with E-state index in [1.54, 1.807) is 18.2 Å². The van der Waals surface area contributed by atoms with Crippen LogP contribution in [0.1, 0.15) is 39.2 Å². The molecule has 1 amide bonds. The minimum Gasteiger partial charge on any atom is -0.444 e. The topological polar surface area (TPSA) is 74.2 Å². The molecule has 1 fully saturated rings. The molecule has 0 unspecified atom stereocenters. The van der Waals surface area contributed by atoms with Crippen LogP contribution in [-0.4, -0.2) is 23.8 Å². The predicted molar refractivity (Wildman–Crippen MR) is 86.0 cm³/mol. The van der Waals surface area contributed by atoms with Crippen molar-refractivity contribution in [2.45, 2.75) is 51.3 Å². The molecule has 118 valence electrons. The van der Waals surface area contributed by atoms with Crippen molar-refractivity contribution in [3.63, 3.8) is 0 Å². The third-order valence-electron chi connectivity index (χ3n) is 3.32. The van der Waals surface area contributed by atoms with Crippen molar-refractivity contribution < 1.29 is 9.53 Å². The van der Waals surface area contributed by atoms with E-state index in [0.717, 1.165) is 18.5 Å². The summed E-state index contributed by atoms with van der Waals surface area (Å²) in [6, 6.07) is 7.58. The molecule has 1 aliphatic carbocycles. The Morgan fingerprint density at radius 3 is 2.59 bits per heavy atom. The van der Waals surface area contributed by atoms with Gasteiger partial charge in [0, 0.05) is 12.1 Å². The molecule has 22 heavy (non-hydrogen) atoms. The van der Waals surface area contributed by atoms with Gasteiger partial charge in [-0.05, 0) is 51.8 Å². The number of rotatable bonds is 3. The van der Waals surface area contributed by atoms with Gasteiger partial charge in [-0.25, -0.2) is 4.79 Å². The highest BCUT2D eigenvalue weighted by atomic mass is 35.5. The van der Waals surface area contributed by atoms with E-state index in [4.69, 9.17) is 21.6 Å². The number of alkyl carbamates (subject to hydrolysis) is 1. The van der Waals surface area contributed by atoms with Crippen LogP contribution in [0.3, 0.4) is 0 Å². The van der Waals surface area contributed by atoms with Crippen molar-refractivity contribution in [2.75, 3.05) is 5.32 Å². The minimum absolute atomic E-state index is 0.115. The fourth-order valence-corrected chi connectivity index (χ4v) is 2.48. The zero-order valence-electron chi connectivity index (χ0n) is 12.9. The second-order valence-corrected chi connectivity index (χ2v) is 6.87. The average Bonchev–Trinajstić information content (AvgIpc) is 2.35. The largest absolute Gasteiger partial charge is 0.444 e. The molecule has 6 heteroatoms.